The van der Waals surface area contributed by atoms with Gasteiger partial charge in [-0.15, -0.1) is 0 Å². The summed E-state index contributed by atoms with van der Waals surface area (Å²) in [6.45, 7) is 0. The fourth-order valence-electron chi connectivity index (χ4n) is 2.79. The highest BCUT2D eigenvalue weighted by Crippen LogP contribution is 2.33. The molecule has 0 unspecified atom stereocenters. The largest absolute Gasteiger partial charge is 0.496 e. The molecule has 0 spiro atoms. The highest BCUT2D eigenvalue weighted by molar-refractivity contribution is 6.41. The van der Waals surface area contributed by atoms with Crippen molar-refractivity contribution in [1.29, 1.82) is 0 Å². The van der Waals surface area contributed by atoms with Gasteiger partial charge in [-0.3, -0.25) is 9.59 Å². The molecule has 0 aliphatic rings. The van der Waals surface area contributed by atoms with Gasteiger partial charge in [0, 0.05) is 0 Å². The number of anilines is 1. The van der Waals surface area contributed by atoms with Crippen LogP contribution in [0.5, 0.6) is 11.5 Å². The molecule has 0 aromatic heterocycles. The number of carbonyl (C=O) groups is 3. The number of hydrazone groups is 1. The van der Waals surface area contributed by atoms with E-state index in [4.69, 9.17) is 21.1 Å². The van der Waals surface area contributed by atoms with Crippen LogP contribution in [-0.2, 0) is 15.8 Å². The summed E-state index contributed by atoms with van der Waals surface area (Å²) in [6.07, 6.45) is -3.45. The Labute approximate surface area is 207 Å². The molecule has 36 heavy (non-hydrogen) atoms. The second-order valence-corrected chi connectivity index (χ2v) is 7.41. The van der Waals surface area contributed by atoms with Gasteiger partial charge in [-0.05, 0) is 60.2 Å². The second-order valence-electron chi connectivity index (χ2n) is 7.00. The molecule has 3 aromatic rings. The number of methoxy groups -OCH3 is 1. The summed E-state index contributed by atoms with van der Waals surface area (Å²) < 4.78 is 48.9. The van der Waals surface area contributed by atoms with Crippen molar-refractivity contribution in [3.63, 3.8) is 0 Å². The Morgan fingerprint density at radius 3 is 2.33 bits per heavy atom. The summed E-state index contributed by atoms with van der Waals surface area (Å²) in [5.74, 6) is -2.52. The van der Waals surface area contributed by atoms with E-state index in [0.29, 0.717) is 17.4 Å². The third-order valence-corrected chi connectivity index (χ3v) is 4.87. The SMILES string of the molecule is COc1ccccc1C(=O)Oc1ccc(C=NNC(=O)C(=O)Nc2cc(C(F)(F)F)ccc2Cl)cc1. The summed E-state index contributed by atoms with van der Waals surface area (Å²) in [5.41, 5.74) is 1.25. The van der Waals surface area contributed by atoms with Crippen LogP contribution in [0.2, 0.25) is 5.02 Å². The molecule has 0 saturated heterocycles. The highest BCUT2D eigenvalue weighted by Gasteiger charge is 2.31. The van der Waals surface area contributed by atoms with E-state index in [-0.39, 0.29) is 22.0 Å². The van der Waals surface area contributed by atoms with Crippen molar-refractivity contribution in [2.75, 3.05) is 12.4 Å². The molecule has 0 atom stereocenters. The number of esters is 1. The molecule has 0 bridgehead atoms. The molecule has 0 heterocycles. The zero-order valence-electron chi connectivity index (χ0n) is 18.4. The minimum Gasteiger partial charge on any atom is -0.496 e. The van der Waals surface area contributed by atoms with Crippen molar-refractivity contribution in [3.8, 4) is 11.5 Å². The first-order valence-electron chi connectivity index (χ1n) is 10.0. The molecule has 0 aliphatic heterocycles. The number of halogens is 4. The lowest BCUT2D eigenvalue weighted by molar-refractivity contribution is -0.137. The summed E-state index contributed by atoms with van der Waals surface area (Å²) in [7, 11) is 1.43. The van der Waals surface area contributed by atoms with E-state index in [1.807, 2.05) is 10.7 Å². The quantitative estimate of drug-likeness (QED) is 0.162. The average Bonchev–Trinajstić information content (AvgIpc) is 2.85. The van der Waals surface area contributed by atoms with Gasteiger partial charge in [-0.2, -0.15) is 18.3 Å². The van der Waals surface area contributed by atoms with E-state index >= 15 is 0 Å². The average molecular weight is 520 g/mol. The van der Waals surface area contributed by atoms with Gasteiger partial charge in [0.2, 0.25) is 0 Å². The lowest BCUT2D eigenvalue weighted by Crippen LogP contribution is -2.32. The van der Waals surface area contributed by atoms with E-state index in [2.05, 4.69) is 5.10 Å². The number of rotatable bonds is 6. The number of nitrogens with zero attached hydrogens (tertiary/aromatic N) is 1. The molecule has 8 nitrogen and oxygen atoms in total. The van der Waals surface area contributed by atoms with Crippen molar-refractivity contribution >= 4 is 41.3 Å². The van der Waals surface area contributed by atoms with Gasteiger partial charge in [0.25, 0.3) is 0 Å². The molecule has 186 valence electrons. The van der Waals surface area contributed by atoms with Crippen LogP contribution < -0.4 is 20.2 Å². The molecule has 3 rings (SSSR count). The topological polar surface area (TPSA) is 106 Å². The molecule has 0 saturated carbocycles. The van der Waals surface area contributed by atoms with E-state index < -0.39 is 29.5 Å². The summed E-state index contributed by atoms with van der Waals surface area (Å²) in [4.78, 5) is 36.2. The Hall–Kier alpha value is -4.38. The van der Waals surface area contributed by atoms with Crippen molar-refractivity contribution in [2.45, 2.75) is 6.18 Å². The maximum Gasteiger partial charge on any atom is 0.416 e. The fourth-order valence-corrected chi connectivity index (χ4v) is 2.95. The highest BCUT2D eigenvalue weighted by atomic mass is 35.5. The van der Waals surface area contributed by atoms with Crippen LogP contribution in [0.15, 0.2) is 71.8 Å². The minimum atomic E-state index is -4.65. The Kier molecular flexibility index (Phi) is 8.28. The summed E-state index contributed by atoms with van der Waals surface area (Å²) >= 11 is 5.79. The van der Waals surface area contributed by atoms with Crippen molar-refractivity contribution in [1.82, 2.24) is 5.43 Å². The van der Waals surface area contributed by atoms with Crippen LogP contribution in [0.3, 0.4) is 0 Å². The van der Waals surface area contributed by atoms with Gasteiger partial charge in [-0.25, -0.2) is 10.2 Å². The zero-order chi connectivity index (χ0) is 26.3. The van der Waals surface area contributed by atoms with E-state index in [9.17, 15) is 27.6 Å². The Balaban J connectivity index is 1.56. The number of ether oxygens (including phenoxy) is 2. The van der Waals surface area contributed by atoms with E-state index in [1.54, 1.807) is 24.3 Å². The van der Waals surface area contributed by atoms with Crippen molar-refractivity contribution in [3.05, 3.63) is 88.4 Å². The summed E-state index contributed by atoms with van der Waals surface area (Å²) in [5, 5.41) is 5.44. The second kappa shape index (κ2) is 11.4. The number of amides is 2. The van der Waals surface area contributed by atoms with E-state index in [0.717, 1.165) is 12.1 Å². The molecule has 0 fully saturated rings. The van der Waals surface area contributed by atoms with Crippen LogP contribution in [0.4, 0.5) is 18.9 Å². The van der Waals surface area contributed by atoms with Gasteiger partial charge in [0.15, 0.2) is 0 Å². The molecule has 3 aromatic carbocycles. The fraction of sp³-hybridized carbons (Fsp3) is 0.0833. The van der Waals surface area contributed by atoms with Gasteiger partial charge in [0.05, 0.1) is 29.6 Å². The van der Waals surface area contributed by atoms with Crippen molar-refractivity contribution in [2.24, 2.45) is 5.10 Å². The summed E-state index contributed by atoms with van der Waals surface area (Å²) in [6, 6.07) is 14.9. The monoisotopic (exact) mass is 519 g/mol. The van der Waals surface area contributed by atoms with Crippen LogP contribution >= 0.6 is 11.6 Å². The number of benzene rings is 3. The molecular formula is C24H17ClF3N3O5. The molecular weight excluding hydrogens is 503 g/mol. The van der Waals surface area contributed by atoms with Crippen LogP contribution in [-0.4, -0.2) is 31.1 Å². The van der Waals surface area contributed by atoms with Crippen LogP contribution in [0.1, 0.15) is 21.5 Å². The number of hydrogen-bond donors (Lipinski definition) is 2. The number of alkyl halides is 3. The number of para-hydroxylation sites is 1. The molecule has 0 radical (unpaired) electrons. The maximum absolute atomic E-state index is 12.8. The molecule has 2 N–H and O–H groups in total. The first kappa shape index (κ1) is 26.2. The predicted molar refractivity (Wildman–Crippen MR) is 125 cm³/mol. The molecule has 0 aliphatic carbocycles. The van der Waals surface area contributed by atoms with Crippen LogP contribution in [0.25, 0.3) is 0 Å². The molecule has 2 amide bonds. The minimum absolute atomic E-state index is 0.181. The first-order chi connectivity index (χ1) is 17.1. The van der Waals surface area contributed by atoms with Gasteiger partial charge in [-0.1, -0.05) is 23.7 Å². The Bertz CT molecular complexity index is 1310. The lowest BCUT2D eigenvalue weighted by Gasteiger charge is -2.11. The first-order valence-corrected chi connectivity index (χ1v) is 10.4. The van der Waals surface area contributed by atoms with Crippen molar-refractivity contribution < 1.29 is 37.0 Å². The maximum atomic E-state index is 12.8. The van der Waals surface area contributed by atoms with Gasteiger partial charge in [0.1, 0.15) is 17.1 Å². The Morgan fingerprint density at radius 2 is 1.67 bits per heavy atom. The van der Waals surface area contributed by atoms with E-state index in [1.165, 1.54) is 37.6 Å². The predicted octanol–water partition coefficient (Wildman–Crippen LogP) is 4.68. The number of carbonyl (C=O) groups excluding carboxylic acids is 3. The standard InChI is InChI=1S/C24H17ClF3N3O5/c1-35-20-5-3-2-4-17(20)23(34)36-16-9-6-14(7-10-16)13-29-31-22(33)21(32)30-19-12-15(24(26,27)28)8-11-18(19)25/h2-13H,1H3,(H,30,32)(H,31,33). The lowest BCUT2D eigenvalue weighted by atomic mass is 10.2. The van der Waals surface area contributed by atoms with Gasteiger partial charge >= 0.3 is 24.0 Å². The van der Waals surface area contributed by atoms with Gasteiger partial charge < -0.3 is 14.8 Å². The van der Waals surface area contributed by atoms with Crippen LogP contribution in [0, 0.1) is 0 Å². The number of hydrogen-bond acceptors (Lipinski definition) is 6. The smallest absolute Gasteiger partial charge is 0.416 e. The third-order valence-electron chi connectivity index (χ3n) is 4.55. The Morgan fingerprint density at radius 1 is 0.972 bits per heavy atom. The normalized spacial score (nSPS) is 11.1. The number of nitrogens with one attached hydrogen (secondary N) is 2. The third kappa shape index (κ3) is 6.83. The zero-order valence-corrected chi connectivity index (χ0v) is 19.2. The molecule has 12 heteroatoms.